The van der Waals surface area contributed by atoms with Crippen molar-refractivity contribution in [3.63, 3.8) is 0 Å². The van der Waals surface area contributed by atoms with Crippen molar-refractivity contribution in [3.8, 4) is 5.75 Å². The van der Waals surface area contributed by atoms with Crippen molar-refractivity contribution >= 4 is 0 Å². The fraction of sp³-hybridized carbons (Fsp3) is 0.500. The van der Waals surface area contributed by atoms with Crippen molar-refractivity contribution in [2.45, 2.75) is 44.2 Å². The lowest BCUT2D eigenvalue weighted by molar-refractivity contribution is 0.00358. The molecule has 4 heteroatoms. The van der Waals surface area contributed by atoms with E-state index in [2.05, 4.69) is 73.6 Å². The van der Waals surface area contributed by atoms with Gasteiger partial charge < -0.3 is 15.2 Å². The Morgan fingerprint density at radius 3 is 2.50 bits per heavy atom. The third-order valence-corrected chi connectivity index (χ3v) is 6.56. The molecule has 0 radical (unpaired) electrons. The standard InChI is InChI=1S/C24H32N2O2/c1-17-14-18(2)16-19(15-17)28-13-12-26(3)22-20-6-4-5-7-21(20)24(23(22)27)8-10-25-11-9-24/h4-7,14-16,22-23,25,27H,8-13H2,1-3H3/t22-,23+/m1/s1. The highest BCUT2D eigenvalue weighted by Crippen LogP contribution is 2.51. The maximum absolute atomic E-state index is 11.4. The van der Waals surface area contributed by atoms with Gasteiger partial charge in [0, 0.05) is 12.0 Å². The highest BCUT2D eigenvalue weighted by atomic mass is 16.5. The molecular formula is C24H32N2O2. The first-order chi connectivity index (χ1) is 13.5. The first-order valence-corrected chi connectivity index (χ1v) is 10.4. The zero-order valence-electron chi connectivity index (χ0n) is 17.2. The number of fused-ring (bicyclic) bond motifs is 2. The lowest BCUT2D eigenvalue weighted by atomic mass is 9.72. The fourth-order valence-electron chi connectivity index (χ4n) is 5.22. The molecule has 0 unspecified atom stereocenters. The summed E-state index contributed by atoms with van der Waals surface area (Å²) in [5.74, 6) is 0.924. The predicted octanol–water partition coefficient (Wildman–Crippen LogP) is 3.35. The van der Waals surface area contributed by atoms with E-state index in [1.165, 1.54) is 22.3 Å². The summed E-state index contributed by atoms with van der Waals surface area (Å²) in [7, 11) is 2.11. The number of hydrogen-bond donors (Lipinski definition) is 2. The van der Waals surface area contributed by atoms with Gasteiger partial charge in [-0.1, -0.05) is 30.3 Å². The molecule has 4 rings (SSSR count). The van der Waals surface area contributed by atoms with Gasteiger partial charge >= 0.3 is 0 Å². The van der Waals surface area contributed by atoms with Gasteiger partial charge in [-0.3, -0.25) is 4.90 Å². The van der Waals surface area contributed by atoms with Crippen LogP contribution in [0.25, 0.3) is 0 Å². The summed E-state index contributed by atoms with van der Waals surface area (Å²) in [5, 5.41) is 14.9. The van der Waals surface area contributed by atoms with Gasteiger partial charge in [-0.2, -0.15) is 0 Å². The Morgan fingerprint density at radius 1 is 1.11 bits per heavy atom. The van der Waals surface area contributed by atoms with Crippen LogP contribution in [-0.2, 0) is 5.41 Å². The van der Waals surface area contributed by atoms with Crippen molar-refractivity contribution in [3.05, 3.63) is 64.7 Å². The Labute approximate surface area is 168 Å². The monoisotopic (exact) mass is 380 g/mol. The number of aryl methyl sites for hydroxylation is 2. The van der Waals surface area contributed by atoms with E-state index in [1.807, 2.05) is 0 Å². The highest BCUT2D eigenvalue weighted by molar-refractivity contribution is 5.45. The van der Waals surface area contributed by atoms with E-state index in [9.17, 15) is 5.11 Å². The number of ether oxygens (including phenoxy) is 1. The molecular weight excluding hydrogens is 348 g/mol. The zero-order chi connectivity index (χ0) is 19.7. The second-order valence-corrected chi connectivity index (χ2v) is 8.54. The van der Waals surface area contributed by atoms with Crippen molar-refractivity contribution in [1.82, 2.24) is 10.2 Å². The Kier molecular flexibility index (Phi) is 5.46. The lowest BCUT2D eigenvalue weighted by Gasteiger charge is -2.40. The van der Waals surface area contributed by atoms with Crippen LogP contribution in [0.4, 0.5) is 0 Å². The van der Waals surface area contributed by atoms with Gasteiger partial charge in [0.05, 0.1) is 12.1 Å². The third kappa shape index (κ3) is 3.45. The molecule has 1 spiro atoms. The van der Waals surface area contributed by atoms with Gasteiger partial charge in [0.1, 0.15) is 12.4 Å². The summed E-state index contributed by atoms with van der Waals surface area (Å²) in [6.45, 7) is 7.51. The minimum absolute atomic E-state index is 0.0251. The van der Waals surface area contributed by atoms with E-state index < -0.39 is 0 Å². The van der Waals surface area contributed by atoms with Gasteiger partial charge in [0.25, 0.3) is 0 Å². The Bertz CT molecular complexity index is 809. The van der Waals surface area contributed by atoms with Gasteiger partial charge in [0.15, 0.2) is 0 Å². The summed E-state index contributed by atoms with van der Waals surface area (Å²) < 4.78 is 6.02. The maximum Gasteiger partial charge on any atom is 0.119 e. The van der Waals surface area contributed by atoms with Gasteiger partial charge in [-0.05, 0) is 81.2 Å². The molecule has 1 aliphatic carbocycles. The molecule has 0 bridgehead atoms. The molecule has 1 aliphatic heterocycles. The number of benzene rings is 2. The molecule has 1 fully saturated rings. The number of aliphatic hydroxyl groups is 1. The van der Waals surface area contributed by atoms with E-state index in [0.29, 0.717) is 6.61 Å². The van der Waals surface area contributed by atoms with Crippen LogP contribution in [0, 0.1) is 13.8 Å². The normalized spacial score (nSPS) is 23.2. The predicted molar refractivity (Wildman–Crippen MR) is 113 cm³/mol. The SMILES string of the molecule is Cc1cc(C)cc(OCCN(C)[C@@H]2c3ccccc3C3(CCNCC3)[C@H]2O)c1. The lowest BCUT2D eigenvalue weighted by Crippen LogP contribution is -2.48. The molecule has 28 heavy (non-hydrogen) atoms. The van der Waals surface area contributed by atoms with E-state index in [-0.39, 0.29) is 17.6 Å². The second-order valence-electron chi connectivity index (χ2n) is 8.54. The number of nitrogens with zero attached hydrogens (tertiary/aromatic N) is 1. The molecule has 2 aromatic rings. The van der Waals surface area contributed by atoms with Gasteiger partial charge in [-0.25, -0.2) is 0 Å². The van der Waals surface area contributed by atoms with Crippen molar-refractivity contribution in [2.24, 2.45) is 0 Å². The van der Waals surface area contributed by atoms with E-state index in [4.69, 9.17) is 4.74 Å². The minimum Gasteiger partial charge on any atom is -0.492 e. The molecule has 0 amide bonds. The second kappa shape index (κ2) is 7.86. The number of nitrogens with one attached hydrogen (secondary N) is 1. The maximum atomic E-state index is 11.4. The average Bonchev–Trinajstić information content (AvgIpc) is 2.90. The molecule has 1 heterocycles. The largest absolute Gasteiger partial charge is 0.492 e. The number of likely N-dealkylation sites (N-methyl/N-ethyl adjacent to an activating group) is 1. The summed E-state index contributed by atoms with van der Waals surface area (Å²) in [4.78, 5) is 2.27. The van der Waals surface area contributed by atoms with Crippen molar-refractivity contribution in [2.75, 3.05) is 33.3 Å². The number of hydrogen-bond acceptors (Lipinski definition) is 4. The van der Waals surface area contributed by atoms with Crippen LogP contribution in [0.1, 0.15) is 41.1 Å². The molecule has 150 valence electrons. The average molecular weight is 381 g/mol. The third-order valence-electron chi connectivity index (χ3n) is 6.56. The van der Waals surface area contributed by atoms with Crippen LogP contribution in [0.15, 0.2) is 42.5 Å². The smallest absolute Gasteiger partial charge is 0.119 e. The molecule has 2 aromatic carbocycles. The van der Waals surface area contributed by atoms with E-state index in [0.717, 1.165) is 38.2 Å². The molecule has 2 aliphatic rings. The first kappa shape index (κ1) is 19.4. The van der Waals surface area contributed by atoms with Crippen LogP contribution in [0.5, 0.6) is 5.75 Å². The number of piperidine rings is 1. The summed E-state index contributed by atoms with van der Waals surface area (Å²) in [6.07, 6.45) is 1.61. The van der Waals surface area contributed by atoms with Crippen LogP contribution in [0.3, 0.4) is 0 Å². The molecule has 4 nitrogen and oxygen atoms in total. The van der Waals surface area contributed by atoms with Crippen LogP contribution < -0.4 is 10.1 Å². The van der Waals surface area contributed by atoms with Crippen LogP contribution >= 0.6 is 0 Å². The summed E-state index contributed by atoms with van der Waals surface area (Å²) in [5.41, 5.74) is 4.95. The van der Waals surface area contributed by atoms with Crippen LogP contribution in [-0.4, -0.2) is 49.4 Å². The summed E-state index contributed by atoms with van der Waals surface area (Å²) >= 11 is 0. The molecule has 0 saturated carbocycles. The number of rotatable bonds is 5. The van der Waals surface area contributed by atoms with Crippen molar-refractivity contribution in [1.29, 1.82) is 0 Å². The van der Waals surface area contributed by atoms with E-state index in [1.54, 1.807) is 0 Å². The Hall–Kier alpha value is -1.88. The van der Waals surface area contributed by atoms with Gasteiger partial charge in [0.2, 0.25) is 0 Å². The Morgan fingerprint density at radius 2 is 1.79 bits per heavy atom. The molecule has 2 N–H and O–H groups in total. The van der Waals surface area contributed by atoms with Gasteiger partial charge in [-0.15, -0.1) is 0 Å². The first-order valence-electron chi connectivity index (χ1n) is 10.4. The quantitative estimate of drug-likeness (QED) is 0.835. The topological polar surface area (TPSA) is 44.7 Å². The molecule has 1 saturated heterocycles. The van der Waals surface area contributed by atoms with Crippen LogP contribution in [0.2, 0.25) is 0 Å². The highest BCUT2D eigenvalue weighted by Gasteiger charge is 2.52. The molecule has 2 atom stereocenters. The molecule has 0 aromatic heterocycles. The zero-order valence-corrected chi connectivity index (χ0v) is 17.2. The summed E-state index contributed by atoms with van der Waals surface area (Å²) in [6, 6.07) is 15.0. The number of aliphatic hydroxyl groups excluding tert-OH is 1. The van der Waals surface area contributed by atoms with E-state index >= 15 is 0 Å². The van der Waals surface area contributed by atoms with Crippen molar-refractivity contribution < 1.29 is 9.84 Å². The fourth-order valence-corrected chi connectivity index (χ4v) is 5.22. The minimum atomic E-state index is -0.377. The Balaban J connectivity index is 1.48.